The average Bonchev–Trinajstić information content (AvgIpc) is 2.39. The van der Waals surface area contributed by atoms with Crippen LogP contribution < -0.4 is 10.2 Å². The first-order valence-corrected chi connectivity index (χ1v) is 6.79. The lowest BCUT2D eigenvalue weighted by Crippen LogP contribution is -2.47. The van der Waals surface area contributed by atoms with Crippen molar-refractivity contribution in [2.24, 2.45) is 5.92 Å². The predicted octanol–water partition coefficient (Wildman–Crippen LogP) is 1.90. The average molecular weight is 248 g/mol. The second kappa shape index (κ2) is 6.05. The summed E-state index contributed by atoms with van der Waals surface area (Å²) in [7, 11) is 1.93. The molecule has 100 valence electrons. The van der Waals surface area contributed by atoms with Crippen LogP contribution in [0, 0.1) is 5.92 Å². The number of rotatable bonds is 4. The fourth-order valence-corrected chi connectivity index (χ4v) is 2.44. The summed E-state index contributed by atoms with van der Waals surface area (Å²) < 4.78 is 0. The number of hydrogen-bond donors (Lipinski definition) is 1. The molecule has 2 heterocycles. The van der Waals surface area contributed by atoms with Crippen LogP contribution in [0.25, 0.3) is 0 Å². The van der Waals surface area contributed by atoms with Crippen molar-refractivity contribution in [3.63, 3.8) is 0 Å². The highest BCUT2D eigenvalue weighted by Gasteiger charge is 2.17. The molecule has 1 aromatic heterocycles. The summed E-state index contributed by atoms with van der Waals surface area (Å²) in [5, 5.41) is 3.14. The molecule has 0 amide bonds. The van der Waals surface area contributed by atoms with Gasteiger partial charge in [0, 0.05) is 39.8 Å². The van der Waals surface area contributed by atoms with E-state index < -0.39 is 0 Å². The highest BCUT2D eigenvalue weighted by molar-refractivity contribution is 5.55. The Morgan fingerprint density at radius 2 is 1.94 bits per heavy atom. The Kier molecular flexibility index (Phi) is 4.42. The monoisotopic (exact) mass is 248 g/mol. The van der Waals surface area contributed by atoms with Gasteiger partial charge >= 0.3 is 0 Å². The molecular formula is C14H24N4. The minimum absolute atomic E-state index is 0.755. The summed E-state index contributed by atoms with van der Waals surface area (Å²) in [5.41, 5.74) is 2.31. The Labute approximate surface area is 110 Å². The zero-order chi connectivity index (χ0) is 13.0. The van der Waals surface area contributed by atoms with Crippen molar-refractivity contribution in [3.8, 4) is 0 Å². The van der Waals surface area contributed by atoms with Crippen molar-refractivity contribution in [1.29, 1.82) is 0 Å². The third-order valence-electron chi connectivity index (χ3n) is 3.37. The van der Waals surface area contributed by atoms with Gasteiger partial charge in [-0.1, -0.05) is 13.8 Å². The van der Waals surface area contributed by atoms with Gasteiger partial charge < -0.3 is 10.2 Å². The highest BCUT2D eigenvalue weighted by atomic mass is 15.3. The number of nitrogens with zero attached hydrogens (tertiary/aromatic N) is 3. The molecule has 1 N–H and O–H groups in total. The Morgan fingerprint density at radius 1 is 1.22 bits per heavy atom. The molecule has 0 aromatic carbocycles. The van der Waals surface area contributed by atoms with Crippen LogP contribution in [0.5, 0.6) is 0 Å². The molecule has 0 spiro atoms. The summed E-state index contributed by atoms with van der Waals surface area (Å²) in [6, 6.07) is 2.17. The van der Waals surface area contributed by atoms with Gasteiger partial charge in [0.2, 0.25) is 0 Å². The second-order valence-corrected chi connectivity index (χ2v) is 5.36. The fraction of sp³-hybridized carbons (Fsp3) is 0.643. The molecule has 0 bridgehead atoms. The molecule has 1 aliphatic rings. The summed E-state index contributed by atoms with van der Waals surface area (Å²) in [5.74, 6) is 0.755. The first kappa shape index (κ1) is 13.1. The highest BCUT2D eigenvalue weighted by Crippen LogP contribution is 2.19. The summed E-state index contributed by atoms with van der Waals surface area (Å²) >= 11 is 0. The van der Waals surface area contributed by atoms with Crippen molar-refractivity contribution in [2.45, 2.75) is 13.8 Å². The molecule has 18 heavy (non-hydrogen) atoms. The van der Waals surface area contributed by atoms with E-state index in [0.29, 0.717) is 0 Å². The predicted molar refractivity (Wildman–Crippen MR) is 77.3 cm³/mol. The zero-order valence-electron chi connectivity index (χ0n) is 11.7. The topological polar surface area (TPSA) is 31.4 Å². The van der Waals surface area contributed by atoms with Gasteiger partial charge in [-0.3, -0.25) is 9.88 Å². The Morgan fingerprint density at radius 3 is 2.56 bits per heavy atom. The zero-order valence-corrected chi connectivity index (χ0v) is 11.7. The second-order valence-electron chi connectivity index (χ2n) is 5.36. The lowest BCUT2D eigenvalue weighted by molar-refractivity contribution is 0.231. The van der Waals surface area contributed by atoms with Gasteiger partial charge in [-0.25, -0.2) is 0 Å². The minimum Gasteiger partial charge on any atom is -0.387 e. The van der Waals surface area contributed by atoms with Crippen molar-refractivity contribution in [1.82, 2.24) is 9.88 Å². The van der Waals surface area contributed by atoms with E-state index in [1.165, 1.54) is 12.2 Å². The Hall–Kier alpha value is -1.29. The molecule has 0 unspecified atom stereocenters. The molecule has 1 fully saturated rings. The molecule has 1 aromatic rings. The Balaban J connectivity index is 1.92. The van der Waals surface area contributed by atoms with Crippen molar-refractivity contribution in [2.75, 3.05) is 50.0 Å². The normalized spacial score (nSPS) is 17.2. The minimum atomic E-state index is 0.755. The quantitative estimate of drug-likeness (QED) is 0.882. The first-order chi connectivity index (χ1) is 8.69. The van der Waals surface area contributed by atoms with Gasteiger partial charge in [-0.2, -0.15) is 0 Å². The Bertz CT molecular complexity index is 370. The number of hydrogen-bond acceptors (Lipinski definition) is 4. The molecule has 0 aliphatic carbocycles. The standard InChI is InChI=1S/C14H24N4/c1-12(2)11-17-4-6-18(7-5-17)14-8-13(15-3)9-16-10-14/h8-10,12,15H,4-7,11H2,1-3H3. The molecule has 1 saturated heterocycles. The van der Waals surface area contributed by atoms with Crippen LogP contribution in [0.4, 0.5) is 11.4 Å². The lowest BCUT2D eigenvalue weighted by atomic mass is 10.2. The molecule has 0 atom stereocenters. The van der Waals surface area contributed by atoms with Crippen LogP contribution in [0.1, 0.15) is 13.8 Å². The SMILES string of the molecule is CNc1cncc(N2CCN(CC(C)C)CC2)c1. The largest absolute Gasteiger partial charge is 0.387 e. The third kappa shape index (κ3) is 3.35. The van der Waals surface area contributed by atoms with Gasteiger partial charge in [-0.05, 0) is 12.0 Å². The van der Waals surface area contributed by atoms with Crippen LogP contribution in [0.15, 0.2) is 18.5 Å². The summed E-state index contributed by atoms with van der Waals surface area (Å²) in [6.07, 6.45) is 3.82. The van der Waals surface area contributed by atoms with Crippen LogP contribution >= 0.6 is 0 Å². The van der Waals surface area contributed by atoms with Crippen LogP contribution in [0.3, 0.4) is 0 Å². The summed E-state index contributed by atoms with van der Waals surface area (Å²) in [4.78, 5) is 9.25. The lowest BCUT2D eigenvalue weighted by Gasteiger charge is -2.36. The van der Waals surface area contributed by atoms with E-state index in [2.05, 4.69) is 40.0 Å². The van der Waals surface area contributed by atoms with Crippen molar-refractivity contribution < 1.29 is 0 Å². The van der Waals surface area contributed by atoms with Crippen LogP contribution in [-0.4, -0.2) is 49.7 Å². The number of anilines is 2. The van der Waals surface area contributed by atoms with Crippen LogP contribution in [0.2, 0.25) is 0 Å². The maximum atomic E-state index is 4.28. The van der Waals surface area contributed by atoms with Gasteiger partial charge in [0.1, 0.15) is 0 Å². The van der Waals surface area contributed by atoms with E-state index in [4.69, 9.17) is 0 Å². The molecule has 4 heteroatoms. The molecule has 1 aliphatic heterocycles. The van der Waals surface area contributed by atoms with Crippen molar-refractivity contribution in [3.05, 3.63) is 18.5 Å². The maximum Gasteiger partial charge on any atom is 0.0574 e. The van der Waals surface area contributed by atoms with E-state index in [-0.39, 0.29) is 0 Å². The molecule has 0 saturated carbocycles. The van der Waals surface area contributed by atoms with Gasteiger partial charge in [-0.15, -0.1) is 0 Å². The molecular weight excluding hydrogens is 224 g/mol. The first-order valence-electron chi connectivity index (χ1n) is 6.79. The van der Waals surface area contributed by atoms with E-state index in [0.717, 1.165) is 37.8 Å². The van der Waals surface area contributed by atoms with E-state index >= 15 is 0 Å². The van der Waals surface area contributed by atoms with Crippen LogP contribution in [-0.2, 0) is 0 Å². The third-order valence-corrected chi connectivity index (χ3v) is 3.37. The van der Waals surface area contributed by atoms with E-state index in [1.807, 2.05) is 19.4 Å². The van der Waals surface area contributed by atoms with Gasteiger partial charge in [0.05, 0.1) is 23.8 Å². The van der Waals surface area contributed by atoms with Crippen molar-refractivity contribution >= 4 is 11.4 Å². The molecule has 0 radical (unpaired) electrons. The number of aromatic nitrogens is 1. The molecule has 4 nitrogen and oxygen atoms in total. The van der Waals surface area contributed by atoms with E-state index in [9.17, 15) is 0 Å². The van der Waals surface area contributed by atoms with Gasteiger partial charge in [0.15, 0.2) is 0 Å². The maximum absolute atomic E-state index is 4.28. The molecule has 2 rings (SSSR count). The van der Waals surface area contributed by atoms with E-state index in [1.54, 1.807) is 0 Å². The number of nitrogens with one attached hydrogen (secondary N) is 1. The fourth-order valence-electron chi connectivity index (χ4n) is 2.44. The smallest absolute Gasteiger partial charge is 0.0574 e. The van der Waals surface area contributed by atoms with Gasteiger partial charge in [0.25, 0.3) is 0 Å². The number of piperazine rings is 1. The summed E-state index contributed by atoms with van der Waals surface area (Å²) in [6.45, 7) is 10.3. The number of pyridine rings is 1.